The first-order chi connectivity index (χ1) is 11.5. The Morgan fingerprint density at radius 2 is 2.12 bits per heavy atom. The molecule has 1 aromatic heterocycles. The molecular formula is C18H16ClFN2O2. The SMILES string of the molecule is C[C@@H](CO)NC(=O)c1ccc(-c2c[nH]c3cc(F)ccc23)cc1Cl. The number of aromatic nitrogens is 1. The minimum Gasteiger partial charge on any atom is -0.394 e. The Labute approximate surface area is 143 Å². The number of carbonyl (C=O) groups excluding carboxylic acids is 1. The molecule has 3 rings (SSSR count). The van der Waals surface area contributed by atoms with Crippen molar-refractivity contribution in [3.05, 3.63) is 59.0 Å². The smallest absolute Gasteiger partial charge is 0.253 e. The number of fused-ring (bicyclic) bond motifs is 1. The second-order valence-corrected chi connectivity index (χ2v) is 6.05. The average Bonchev–Trinajstić information content (AvgIpc) is 2.97. The Bertz CT molecular complexity index is 907. The van der Waals surface area contributed by atoms with Gasteiger partial charge in [0.25, 0.3) is 5.91 Å². The van der Waals surface area contributed by atoms with E-state index in [1.165, 1.54) is 12.1 Å². The molecule has 0 saturated carbocycles. The third kappa shape index (κ3) is 3.13. The Hall–Kier alpha value is -2.37. The molecule has 24 heavy (non-hydrogen) atoms. The highest BCUT2D eigenvalue weighted by Crippen LogP contribution is 2.31. The van der Waals surface area contributed by atoms with Gasteiger partial charge in [0.15, 0.2) is 0 Å². The number of aromatic amines is 1. The van der Waals surface area contributed by atoms with Gasteiger partial charge >= 0.3 is 0 Å². The second-order valence-electron chi connectivity index (χ2n) is 5.64. The predicted molar refractivity (Wildman–Crippen MR) is 92.7 cm³/mol. The van der Waals surface area contributed by atoms with Gasteiger partial charge in [-0.15, -0.1) is 0 Å². The minimum absolute atomic E-state index is 0.145. The molecule has 1 amide bonds. The van der Waals surface area contributed by atoms with Crippen molar-refractivity contribution in [2.75, 3.05) is 6.61 Å². The first-order valence-corrected chi connectivity index (χ1v) is 7.85. The van der Waals surface area contributed by atoms with Gasteiger partial charge < -0.3 is 15.4 Å². The summed E-state index contributed by atoms with van der Waals surface area (Å²) in [7, 11) is 0. The number of aliphatic hydroxyl groups is 1. The molecule has 0 bridgehead atoms. The zero-order valence-electron chi connectivity index (χ0n) is 12.9. The number of nitrogens with one attached hydrogen (secondary N) is 2. The Kier molecular flexibility index (Phi) is 4.55. The van der Waals surface area contributed by atoms with Crippen LogP contribution in [0.2, 0.25) is 5.02 Å². The summed E-state index contributed by atoms with van der Waals surface area (Å²) in [6.07, 6.45) is 1.78. The lowest BCUT2D eigenvalue weighted by Gasteiger charge is -2.12. The maximum atomic E-state index is 13.3. The maximum absolute atomic E-state index is 13.3. The molecule has 1 atom stereocenters. The monoisotopic (exact) mass is 346 g/mol. The van der Waals surface area contributed by atoms with Gasteiger partial charge in [-0.1, -0.05) is 17.7 Å². The molecule has 0 fully saturated rings. The molecule has 0 saturated heterocycles. The Balaban J connectivity index is 1.95. The van der Waals surface area contributed by atoms with Crippen LogP contribution in [-0.4, -0.2) is 28.6 Å². The summed E-state index contributed by atoms with van der Waals surface area (Å²) in [5.74, 6) is -0.645. The van der Waals surface area contributed by atoms with Gasteiger partial charge in [-0.05, 0) is 42.8 Å². The molecule has 3 aromatic rings. The molecule has 124 valence electrons. The highest BCUT2D eigenvalue weighted by molar-refractivity contribution is 6.34. The van der Waals surface area contributed by atoms with Gasteiger partial charge in [-0.25, -0.2) is 4.39 Å². The highest BCUT2D eigenvalue weighted by Gasteiger charge is 2.15. The van der Waals surface area contributed by atoms with E-state index in [0.717, 1.165) is 16.5 Å². The predicted octanol–water partition coefficient (Wildman–Crippen LogP) is 3.74. The molecule has 0 spiro atoms. The quantitative estimate of drug-likeness (QED) is 0.673. The van der Waals surface area contributed by atoms with Crippen molar-refractivity contribution in [1.29, 1.82) is 0 Å². The van der Waals surface area contributed by atoms with Crippen molar-refractivity contribution >= 4 is 28.4 Å². The number of halogens is 2. The number of hydrogen-bond donors (Lipinski definition) is 3. The first-order valence-electron chi connectivity index (χ1n) is 7.48. The molecule has 4 nitrogen and oxygen atoms in total. The van der Waals surface area contributed by atoms with Gasteiger partial charge in [-0.2, -0.15) is 0 Å². The molecule has 6 heteroatoms. The van der Waals surface area contributed by atoms with E-state index in [-0.39, 0.29) is 24.4 Å². The van der Waals surface area contributed by atoms with Crippen LogP contribution in [0.4, 0.5) is 4.39 Å². The fourth-order valence-electron chi connectivity index (χ4n) is 2.55. The van der Waals surface area contributed by atoms with Gasteiger partial charge in [0.2, 0.25) is 0 Å². The third-order valence-electron chi connectivity index (χ3n) is 3.82. The molecule has 0 aliphatic heterocycles. The maximum Gasteiger partial charge on any atom is 0.253 e. The summed E-state index contributed by atoms with van der Waals surface area (Å²) in [4.78, 5) is 15.2. The van der Waals surface area contributed by atoms with Gasteiger partial charge in [0.05, 0.1) is 17.2 Å². The molecule has 0 aliphatic rings. The number of H-pyrrole nitrogens is 1. The van der Waals surface area contributed by atoms with E-state index in [0.29, 0.717) is 16.1 Å². The van der Waals surface area contributed by atoms with E-state index >= 15 is 0 Å². The molecule has 3 N–H and O–H groups in total. The molecule has 1 heterocycles. The standard InChI is InChI=1S/C18H16ClFN2O2/c1-10(9-23)22-18(24)14-4-2-11(6-16(14)19)15-8-21-17-7-12(20)3-5-13(15)17/h2-8,10,21,23H,9H2,1H3,(H,22,24)/t10-/m0/s1. The van der Waals surface area contributed by atoms with E-state index in [9.17, 15) is 9.18 Å². The molecular weight excluding hydrogens is 331 g/mol. The number of amides is 1. The van der Waals surface area contributed by atoms with Crippen LogP contribution < -0.4 is 5.32 Å². The van der Waals surface area contributed by atoms with Crippen molar-refractivity contribution in [3.63, 3.8) is 0 Å². The van der Waals surface area contributed by atoms with Crippen LogP contribution in [0.25, 0.3) is 22.0 Å². The van der Waals surface area contributed by atoms with Crippen LogP contribution in [0.5, 0.6) is 0 Å². The Morgan fingerprint density at radius 3 is 2.83 bits per heavy atom. The summed E-state index contributed by atoms with van der Waals surface area (Å²) in [5, 5.41) is 12.9. The molecule has 0 aliphatic carbocycles. The van der Waals surface area contributed by atoms with Crippen LogP contribution in [0, 0.1) is 5.82 Å². The fourth-order valence-corrected chi connectivity index (χ4v) is 2.82. The number of aliphatic hydroxyl groups excluding tert-OH is 1. The molecule has 2 aromatic carbocycles. The largest absolute Gasteiger partial charge is 0.394 e. The van der Waals surface area contributed by atoms with Crippen LogP contribution >= 0.6 is 11.6 Å². The number of benzene rings is 2. The topological polar surface area (TPSA) is 65.1 Å². The van der Waals surface area contributed by atoms with Gasteiger partial charge in [0, 0.05) is 28.7 Å². The number of rotatable bonds is 4. The van der Waals surface area contributed by atoms with E-state index < -0.39 is 0 Å². The summed E-state index contributed by atoms with van der Waals surface area (Å²) >= 11 is 6.25. The van der Waals surface area contributed by atoms with E-state index in [2.05, 4.69) is 10.3 Å². The van der Waals surface area contributed by atoms with Crippen LogP contribution in [0.15, 0.2) is 42.6 Å². The van der Waals surface area contributed by atoms with Crippen molar-refractivity contribution in [3.8, 4) is 11.1 Å². The number of hydrogen-bond acceptors (Lipinski definition) is 2. The van der Waals surface area contributed by atoms with E-state index in [1.54, 1.807) is 37.4 Å². The third-order valence-corrected chi connectivity index (χ3v) is 4.13. The first kappa shape index (κ1) is 16.5. The summed E-state index contributed by atoms with van der Waals surface area (Å²) in [6, 6.07) is 9.31. The average molecular weight is 347 g/mol. The minimum atomic E-state index is -0.350. The zero-order valence-corrected chi connectivity index (χ0v) is 13.7. The summed E-state index contributed by atoms with van der Waals surface area (Å²) < 4.78 is 13.3. The molecule has 0 unspecified atom stereocenters. The zero-order chi connectivity index (χ0) is 17.3. The lowest BCUT2D eigenvalue weighted by atomic mass is 10.0. The van der Waals surface area contributed by atoms with E-state index in [4.69, 9.17) is 16.7 Å². The fraction of sp³-hybridized carbons (Fsp3) is 0.167. The normalized spacial score (nSPS) is 12.3. The highest BCUT2D eigenvalue weighted by atomic mass is 35.5. The Morgan fingerprint density at radius 1 is 1.33 bits per heavy atom. The summed E-state index contributed by atoms with van der Waals surface area (Å²) in [5.41, 5.74) is 2.73. The van der Waals surface area contributed by atoms with Crippen LogP contribution in [0.3, 0.4) is 0 Å². The lowest BCUT2D eigenvalue weighted by Crippen LogP contribution is -2.35. The van der Waals surface area contributed by atoms with Gasteiger partial charge in [-0.3, -0.25) is 4.79 Å². The van der Waals surface area contributed by atoms with Gasteiger partial charge in [0.1, 0.15) is 5.82 Å². The van der Waals surface area contributed by atoms with Crippen molar-refractivity contribution in [2.24, 2.45) is 0 Å². The number of carbonyl (C=O) groups is 1. The summed E-state index contributed by atoms with van der Waals surface area (Å²) in [6.45, 7) is 1.55. The second kappa shape index (κ2) is 6.63. The van der Waals surface area contributed by atoms with Crippen LogP contribution in [-0.2, 0) is 0 Å². The molecule has 0 radical (unpaired) electrons. The van der Waals surface area contributed by atoms with E-state index in [1.807, 2.05) is 0 Å². The van der Waals surface area contributed by atoms with Crippen LogP contribution in [0.1, 0.15) is 17.3 Å². The van der Waals surface area contributed by atoms with Crippen molar-refractivity contribution < 1.29 is 14.3 Å². The lowest BCUT2D eigenvalue weighted by molar-refractivity contribution is 0.0922. The van der Waals surface area contributed by atoms with Crippen molar-refractivity contribution in [1.82, 2.24) is 10.3 Å². The van der Waals surface area contributed by atoms with Crippen molar-refractivity contribution in [2.45, 2.75) is 13.0 Å².